The van der Waals surface area contributed by atoms with Gasteiger partial charge in [-0.05, 0) is 0 Å². The molecule has 0 aromatic carbocycles. The minimum Gasteiger partial charge on any atom is -0.449 e. The van der Waals surface area contributed by atoms with E-state index in [9.17, 15) is 9.18 Å². The van der Waals surface area contributed by atoms with Crippen molar-refractivity contribution in [3.8, 4) is 0 Å². The lowest BCUT2D eigenvalue weighted by atomic mass is 10.2. The molecule has 0 saturated carbocycles. The van der Waals surface area contributed by atoms with Gasteiger partial charge in [0, 0.05) is 32.6 Å². The van der Waals surface area contributed by atoms with Gasteiger partial charge in [-0.1, -0.05) is 0 Å². The standard InChI is InChI=1S/C13H23FN2O4/c14-2-1-6-20-13(17)16-5-9-19-12(11-16)10-15-3-7-18-8-4-15/h12H,1-11H2. The number of nitrogens with zero attached hydrogens (tertiary/aromatic N) is 2. The lowest BCUT2D eigenvalue weighted by molar-refractivity contribution is -0.0543. The zero-order valence-electron chi connectivity index (χ0n) is 11.8. The molecule has 0 aromatic rings. The van der Waals surface area contributed by atoms with Gasteiger partial charge >= 0.3 is 6.09 Å². The van der Waals surface area contributed by atoms with Crippen LogP contribution >= 0.6 is 0 Å². The van der Waals surface area contributed by atoms with Gasteiger partial charge in [-0.15, -0.1) is 0 Å². The number of carbonyl (C=O) groups is 1. The average Bonchev–Trinajstić information content (AvgIpc) is 2.49. The molecule has 2 saturated heterocycles. The van der Waals surface area contributed by atoms with Crippen LogP contribution in [-0.4, -0.2) is 87.8 Å². The summed E-state index contributed by atoms with van der Waals surface area (Å²) >= 11 is 0. The number of amides is 1. The van der Waals surface area contributed by atoms with E-state index in [2.05, 4.69) is 4.90 Å². The molecule has 2 aliphatic rings. The molecule has 2 heterocycles. The Labute approximate surface area is 118 Å². The van der Waals surface area contributed by atoms with Gasteiger partial charge < -0.3 is 19.1 Å². The molecule has 20 heavy (non-hydrogen) atoms. The molecule has 7 heteroatoms. The molecule has 2 aliphatic heterocycles. The van der Waals surface area contributed by atoms with Crippen LogP contribution < -0.4 is 0 Å². The number of halogens is 1. The van der Waals surface area contributed by atoms with Crippen molar-refractivity contribution in [2.75, 3.05) is 65.8 Å². The zero-order valence-corrected chi connectivity index (χ0v) is 11.8. The maximum absolute atomic E-state index is 12.0. The Kier molecular flexibility index (Phi) is 6.49. The Balaban J connectivity index is 1.71. The molecule has 0 spiro atoms. The van der Waals surface area contributed by atoms with Gasteiger partial charge in [0.25, 0.3) is 0 Å². The minimum atomic E-state index is -0.462. The lowest BCUT2D eigenvalue weighted by Gasteiger charge is -2.36. The van der Waals surface area contributed by atoms with E-state index in [4.69, 9.17) is 14.2 Å². The van der Waals surface area contributed by atoms with Gasteiger partial charge in [-0.25, -0.2) is 4.79 Å². The number of hydrogen-bond donors (Lipinski definition) is 0. The molecule has 0 bridgehead atoms. The summed E-state index contributed by atoms with van der Waals surface area (Å²) in [5.74, 6) is 0. The highest BCUT2D eigenvalue weighted by molar-refractivity contribution is 5.67. The molecule has 0 radical (unpaired) electrons. The van der Waals surface area contributed by atoms with Crippen molar-refractivity contribution in [3.05, 3.63) is 0 Å². The molecule has 2 fully saturated rings. The van der Waals surface area contributed by atoms with Crippen molar-refractivity contribution < 1.29 is 23.4 Å². The van der Waals surface area contributed by atoms with Crippen molar-refractivity contribution >= 4 is 6.09 Å². The average molecular weight is 290 g/mol. The van der Waals surface area contributed by atoms with Gasteiger partial charge in [-0.2, -0.15) is 0 Å². The van der Waals surface area contributed by atoms with E-state index >= 15 is 0 Å². The third-order valence-electron chi connectivity index (χ3n) is 3.47. The molecular formula is C13H23FN2O4. The molecule has 2 rings (SSSR count). The van der Waals surface area contributed by atoms with Gasteiger partial charge in [-0.3, -0.25) is 9.29 Å². The summed E-state index contributed by atoms with van der Waals surface area (Å²) in [7, 11) is 0. The number of alkyl halides is 1. The first-order valence-electron chi connectivity index (χ1n) is 7.19. The van der Waals surface area contributed by atoms with E-state index < -0.39 is 6.67 Å². The van der Waals surface area contributed by atoms with Crippen molar-refractivity contribution in [1.29, 1.82) is 0 Å². The number of carbonyl (C=O) groups excluding carboxylic acids is 1. The molecule has 1 amide bonds. The van der Waals surface area contributed by atoms with Gasteiger partial charge in [0.1, 0.15) is 0 Å². The Morgan fingerprint density at radius 3 is 2.80 bits per heavy atom. The maximum atomic E-state index is 12.0. The number of rotatable bonds is 5. The van der Waals surface area contributed by atoms with Crippen LogP contribution in [0.2, 0.25) is 0 Å². The summed E-state index contributed by atoms with van der Waals surface area (Å²) in [4.78, 5) is 15.7. The second-order valence-corrected chi connectivity index (χ2v) is 5.01. The SMILES string of the molecule is O=C(OCCCF)N1CCOC(CN2CCOCC2)C1. The molecule has 1 atom stereocenters. The Morgan fingerprint density at radius 1 is 1.25 bits per heavy atom. The van der Waals surface area contributed by atoms with Crippen LogP contribution in [0.25, 0.3) is 0 Å². The first-order valence-corrected chi connectivity index (χ1v) is 7.19. The fraction of sp³-hybridized carbons (Fsp3) is 0.923. The second-order valence-electron chi connectivity index (χ2n) is 5.01. The number of hydrogen-bond acceptors (Lipinski definition) is 5. The van der Waals surface area contributed by atoms with Crippen molar-refractivity contribution in [1.82, 2.24) is 9.80 Å². The summed E-state index contributed by atoms with van der Waals surface area (Å²) in [6, 6.07) is 0. The quantitative estimate of drug-likeness (QED) is 0.691. The third kappa shape index (κ3) is 4.88. The summed E-state index contributed by atoms with van der Waals surface area (Å²) < 4.78 is 28.0. The Hall–Kier alpha value is -0.920. The monoisotopic (exact) mass is 290 g/mol. The normalized spacial score (nSPS) is 24.6. The van der Waals surface area contributed by atoms with Gasteiger partial charge in [0.05, 0.1) is 45.8 Å². The van der Waals surface area contributed by atoms with Gasteiger partial charge in [0.2, 0.25) is 0 Å². The van der Waals surface area contributed by atoms with Crippen LogP contribution in [0.4, 0.5) is 9.18 Å². The predicted molar refractivity (Wildman–Crippen MR) is 70.5 cm³/mol. The molecule has 6 nitrogen and oxygen atoms in total. The van der Waals surface area contributed by atoms with E-state index in [1.54, 1.807) is 4.90 Å². The molecule has 1 unspecified atom stereocenters. The van der Waals surface area contributed by atoms with Gasteiger partial charge in [0.15, 0.2) is 0 Å². The molecule has 116 valence electrons. The summed E-state index contributed by atoms with van der Waals surface area (Å²) in [5.41, 5.74) is 0. The van der Waals surface area contributed by atoms with Crippen LogP contribution in [0.3, 0.4) is 0 Å². The largest absolute Gasteiger partial charge is 0.449 e. The fourth-order valence-corrected chi connectivity index (χ4v) is 2.37. The molecule has 0 aromatic heterocycles. The van der Waals surface area contributed by atoms with E-state index in [-0.39, 0.29) is 25.2 Å². The maximum Gasteiger partial charge on any atom is 0.409 e. The summed E-state index contributed by atoms with van der Waals surface area (Å²) in [5, 5.41) is 0. The highest BCUT2D eigenvalue weighted by Crippen LogP contribution is 2.10. The lowest BCUT2D eigenvalue weighted by Crippen LogP contribution is -2.51. The van der Waals surface area contributed by atoms with Crippen LogP contribution in [0.1, 0.15) is 6.42 Å². The van der Waals surface area contributed by atoms with Crippen LogP contribution in [0.15, 0.2) is 0 Å². The molecule has 0 N–H and O–H groups in total. The Bertz CT molecular complexity index is 300. The third-order valence-corrected chi connectivity index (χ3v) is 3.47. The smallest absolute Gasteiger partial charge is 0.409 e. The predicted octanol–water partition coefficient (Wildman–Crippen LogP) is 0.516. The highest BCUT2D eigenvalue weighted by Gasteiger charge is 2.27. The summed E-state index contributed by atoms with van der Waals surface area (Å²) in [6.45, 7) is 5.38. The zero-order chi connectivity index (χ0) is 14.2. The summed E-state index contributed by atoms with van der Waals surface area (Å²) in [6.07, 6.45) is -0.0999. The second kappa shape index (κ2) is 8.39. The van der Waals surface area contributed by atoms with E-state index in [0.717, 1.165) is 32.8 Å². The minimum absolute atomic E-state index is 0.00979. The number of ether oxygens (including phenoxy) is 3. The topological polar surface area (TPSA) is 51.2 Å². The highest BCUT2D eigenvalue weighted by atomic mass is 19.1. The van der Waals surface area contributed by atoms with E-state index in [0.29, 0.717) is 19.7 Å². The van der Waals surface area contributed by atoms with Crippen molar-refractivity contribution in [3.63, 3.8) is 0 Å². The van der Waals surface area contributed by atoms with Crippen LogP contribution in [0.5, 0.6) is 0 Å². The van der Waals surface area contributed by atoms with Crippen molar-refractivity contribution in [2.45, 2.75) is 12.5 Å². The molecule has 0 aliphatic carbocycles. The first-order chi connectivity index (χ1) is 9.79. The van der Waals surface area contributed by atoms with E-state index in [1.807, 2.05) is 0 Å². The van der Waals surface area contributed by atoms with E-state index in [1.165, 1.54) is 0 Å². The van der Waals surface area contributed by atoms with Crippen molar-refractivity contribution in [2.24, 2.45) is 0 Å². The number of morpholine rings is 2. The Morgan fingerprint density at radius 2 is 2.05 bits per heavy atom. The first kappa shape index (κ1) is 15.5. The van der Waals surface area contributed by atoms with Crippen LogP contribution in [0, 0.1) is 0 Å². The molecular weight excluding hydrogens is 267 g/mol. The van der Waals surface area contributed by atoms with Crippen LogP contribution in [-0.2, 0) is 14.2 Å². The fourth-order valence-electron chi connectivity index (χ4n) is 2.37.